The molecule has 0 bridgehead atoms. The molecule has 1 fully saturated rings. The second kappa shape index (κ2) is 5.36. The van der Waals surface area contributed by atoms with Crippen molar-refractivity contribution in [1.82, 2.24) is 10.4 Å². The largest absolute Gasteiger partial charge is 0.496 e. The minimum absolute atomic E-state index is 0.228. The van der Waals surface area contributed by atoms with Gasteiger partial charge in [-0.25, -0.2) is 5.01 Å². The molecule has 1 aliphatic heterocycles. The first kappa shape index (κ1) is 12.8. The van der Waals surface area contributed by atoms with E-state index in [9.17, 15) is 9.59 Å². The third kappa shape index (κ3) is 2.46. The molecule has 18 heavy (non-hydrogen) atoms. The van der Waals surface area contributed by atoms with Crippen molar-refractivity contribution in [3.05, 3.63) is 29.8 Å². The SMILES string of the molecule is COc1ccccc1C(=O)NN1C(=O)CSC1=S. The second-order valence-corrected chi connectivity index (χ2v) is 5.03. The van der Waals surface area contributed by atoms with Gasteiger partial charge >= 0.3 is 0 Å². The van der Waals surface area contributed by atoms with Crippen molar-refractivity contribution in [3.63, 3.8) is 0 Å². The Morgan fingerprint density at radius 2 is 2.22 bits per heavy atom. The second-order valence-electron chi connectivity index (χ2n) is 3.42. The number of hydrazine groups is 1. The number of ether oxygens (including phenoxy) is 1. The maximum absolute atomic E-state index is 12.0. The molecule has 1 aromatic rings. The van der Waals surface area contributed by atoms with Gasteiger partial charge in [0.1, 0.15) is 5.75 Å². The average Bonchev–Trinajstić information content (AvgIpc) is 2.70. The fraction of sp³-hybridized carbons (Fsp3) is 0.182. The average molecular weight is 282 g/mol. The van der Waals surface area contributed by atoms with Crippen molar-refractivity contribution in [2.24, 2.45) is 0 Å². The highest BCUT2D eigenvalue weighted by atomic mass is 32.2. The molecule has 1 aliphatic rings. The highest BCUT2D eigenvalue weighted by molar-refractivity contribution is 8.23. The van der Waals surface area contributed by atoms with E-state index in [0.717, 1.165) is 5.01 Å². The normalized spacial score (nSPS) is 14.8. The molecule has 0 atom stereocenters. The predicted octanol–water partition coefficient (Wildman–Crippen LogP) is 1.20. The summed E-state index contributed by atoms with van der Waals surface area (Å²) in [6.45, 7) is 0. The molecule has 0 aromatic heterocycles. The summed E-state index contributed by atoms with van der Waals surface area (Å²) in [7, 11) is 1.48. The third-order valence-electron chi connectivity index (χ3n) is 2.32. The molecule has 0 aliphatic carbocycles. The van der Waals surface area contributed by atoms with Gasteiger partial charge in [0.25, 0.3) is 11.8 Å². The minimum atomic E-state index is -0.425. The lowest BCUT2D eigenvalue weighted by molar-refractivity contribution is -0.125. The molecule has 1 saturated heterocycles. The number of methoxy groups -OCH3 is 1. The van der Waals surface area contributed by atoms with Crippen LogP contribution in [0.3, 0.4) is 0 Å². The number of nitrogens with zero attached hydrogens (tertiary/aromatic N) is 1. The monoisotopic (exact) mass is 282 g/mol. The highest BCUT2D eigenvalue weighted by Gasteiger charge is 2.29. The van der Waals surface area contributed by atoms with Gasteiger partial charge in [-0.15, -0.1) is 0 Å². The Kier molecular flexibility index (Phi) is 3.83. The first-order valence-corrected chi connectivity index (χ1v) is 6.46. The van der Waals surface area contributed by atoms with Crippen LogP contribution < -0.4 is 10.2 Å². The number of benzene rings is 1. The molecule has 0 spiro atoms. The molecule has 0 saturated carbocycles. The van der Waals surface area contributed by atoms with Crippen molar-refractivity contribution in [2.75, 3.05) is 12.9 Å². The van der Waals surface area contributed by atoms with Crippen LogP contribution in [0.15, 0.2) is 24.3 Å². The first-order valence-electron chi connectivity index (χ1n) is 5.07. The third-order valence-corrected chi connectivity index (χ3v) is 3.67. The summed E-state index contributed by atoms with van der Waals surface area (Å²) in [5, 5.41) is 1.09. The van der Waals surface area contributed by atoms with Crippen LogP contribution in [0.5, 0.6) is 5.75 Å². The van der Waals surface area contributed by atoms with E-state index >= 15 is 0 Å². The Bertz CT molecular complexity index is 503. The Hall–Kier alpha value is -1.60. The number of rotatable bonds is 3. The number of carbonyl (C=O) groups is 2. The summed E-state index contributed by atoms with van der Waals surface area (Å²) in [5.74, 6) is 0.0458. The van der Waals surface area contributed by atoms with E-state index in [1.807, 2.05) is 0 Å². The fourth-order valence-corrected chi connectivity index (χ4v) is 2.43. The molecular formula is C11H10N2O3S2. The van der Waals surface area contributed by atoms with Gasteiger partial charge in [-0.1, -0.05) is 36.1 Å². The number of nitrogens with one attached hydrogen (secondary N) is 1. The number of carbonyl (C=O) groups excluding carboxylic acids is 2. The van der Waals surface area contributed by atoms with Gasteiger partial charge in [0, 0.05) is 0 Å². The number of thiocarbonyl (C=S) groups is 1. The highest BCUT2D eigenvalue weighted by Crippen LogP contribution is 2.20. The summed E-state index contributed by atoms with van der Waals surface area (Å²) in [6, 6.07) is 6.77. The van der Waals surface area contributed by atoms with Crippen molar-refractivity contribution in [3.8, 4) is 5.75 Å². The van der Waals surface area contributed by atoms with E-state index in [-0.39, 0.29) is 11.7 Å². The minimum Gasteiger partial charge on any atom is -0.496 e. The smallest absolute Gasteiger partial charge is 0.274 e. The molecule has 1 aromatic carbocycles. The Labute approximate surface area is 113 Å². The zero-order chi connectivity index (χ0) is 13.1. The number of thioether (sulfide) groups is 1. The maximum Gasteiger partial charge on any atom is 0.274 e. The van der Waals surface area contributed by atoms with Crippen LogP contribution in [0.4, 0.5) is 0 Å². The maximum atomic E-state index is 12.0. The van der Waals surface area contributed by atoms with Crippen LogP contribution in [0.1, 0.15) is 10.4 Å². The molecular weight excluding hydrogens is 272 g/mol. The van der Waals surface area contributed by atoms with Crippen LogP contribution in [0.25, 0.3) is 0 Å². The standard InChI is InChI=1S/C11H10N2O3S2/c1-16-8-5-3-2-4-7(8)10(15)12-13-9(14)6-18-11(13)17/h2-5H,6H2,1H3,(H,12,15). The first-order chi connectivity index (χ1) is 8.63. The fourth-order valence-electron chi connectivity index (χ4n) is 1.46. The van der Waals surface area contributed by atoms with Gasteiger partial charge in [-0.3, -0.25) is 15.0 Å². The van der Waals surface area contributed by atoms with E-state index in [1.165, 1.54) is 18.9 Å². The molecule has 0 unspecified atom stereocenters. The molecule has 0 radical (unpaired) electrons. The lowest BCUT2D eigenvalue weighted by Gasteiger charge is -2.16. The summed E-state index contributed by atoms with van der Waals surface area (Å²) in [4.78, 5) is 23.5. The zero-order valence-electron chi connectivity index (χ0n) is 9.50. The van der Waals surface area contributed by atoms with E-state index in [1.54, 1.807) is 24.3 Å². The Balaban J connectivity index is 2.17. The summed E-state index contributed by atoms with van der Waals surface area (Å²) >= 11 is 6.19. The van der Waals surface area contributed by atoms with E-state index in [0.29, 0.717) is 15.6 Å². The van der Waals surface area contributed by atoms with Gasteiger partial charge < -0.3 is 4.74 Å². The van der Waals surface area contributed by atoms with Crippen molar-refractivity contribution >= 4 is 40.1 Å². The Morgan fingerprint density at radius 1 is 1.50 bits per heavy atom. The van der Waals surface area contributed by atoms with Crippen LogP contribution in [-0.4, -0.2) is 34.0 Å². The number of amides is 2. The van der Waals surface area contributed by atoms with Gasteiger partial charge in [0.15, 0.2) is 4.32 Å². The molecule has 5 nitrogen and oxygen atoms in total. The predicted molar refractivity (Wildman–Crippen MR) is 72.4 cm³/mol. The summed E-state index contributed by atoms with van der Waals surface area (Å²) < 4.78 is 5.43. The number of hydrogen-bond acceptors (Lipinski definition) is 5. The van der Waals surface area contributed by atoms with E-state index in [4.69, 9.17) is 17.0 Å². The lowest BCUT2D eigenvalue weighted by Crippen LogP contribution is -2.45. The van der Waals surface area contributed by atoms with Gasteiger partial charge in [0.05, 0.1) is 18.4 Å². The number of hydrogen-bond donors (Lipinski definition) is 1. The van der Waals surface area contributed by atoms with Crippen molar-refractivity contribution < 1.29 is 14.3 Å². The quantitative estimate of drug-likeness (QED) is 0.844. The lowest BCUT2D eigenvalue weighted by atomic mass is 10.2. The van der Waals surface area contributed by atoms with Crippen LogP contribution in [0.2, 0.25) is 0 Å². The van der Waals surface area contributed by atoms with Gasteiger partial charge in [-0.2, -0.15) is 0 Å². The molecule has 2 amide bonds. The molecule has 2 rings (SSSR count). The van der Waals surface area contributed by atoms with Crippen LogP contribution >= 0.6 is 24.0 Å². The van der Waals surface area contributed by atoms with Crippen molar-refractivity contribution in [1.29, 1.82) is 0 Å². The molecule has 1 N–H and O–H groups in total. The van der Waals surface area contributed by atoms with Gasteiger partial charge in [0.2, 0.25) is 0 Å². The zero-order valence-corrected chi connectivity index (χ0v) is 11.1. The number of para-hydroxylation sites is 1. The van der Waals surface area contributed by atoms with Crippen molar-refractivity contribution in [2.45, 2.75) is 0 Å². The van der Waals surface area contributed by atoms with Crippen LogP contribution in [0, 0.1) is 0 Å². The van der Waals surface area contributed by atoms with E-state index < -0.39 is 5.91 Å². The molecule has 1 heterocycles. The topological polar surface area (TPSA) is 58.6 Å². The van der Waals surface area contributed by atoms with Gasteiger partial charge in [-0.05, 0) is 12.1 Å². The van der Waals surface area contributed by atoms with E-state index in [2.05, 4.69) is 5.43 Å². The van der Waals surface area contributed by atoms with Crippen LogP contribution in [-0.2, 0) is 4.79 Å². The molecule has 94 valence electrons. The summed E-state index contributed by atoms with van der Waals surface area (Å²) in [6.07, 6.45) is 0. The Morgan fingerprint density at radius 3 is 2.83 bits per heavy atom. The summed E-state index contributed by atoms with van der Waals surface area (Å²) in [5.41, 5.74) is 2.83. The molecule has 7 heteroatoms.